The molecule has 0 unspecified atom stereocenters. The number of non-ortho nitro benzene ring substituents is 1. The summed E-state index contributed by atoms with van der Waals surface area (Å²) in [5.41, 5.74) is 9.55. The quantitative estimate of drug-likeness (QED) is 0.234. The van der Waals surface area contributed by atoms with Crippen LogP contribution in [0.25, 0.3) is 5.82 Å². The van der Waals surface area contributed by atoms with Crippen molar-refractivity contribution in [1.82, 2.24) is 30.7 Å². The Balaban J connectivity index is 1.64. The van der Waals surface area contributed by atoms with E-state index in [0.29, 0.717) is 16.1 Å². The number of halogens is 1. The molecule has 2 aromatic heterocycles. The number of nitrogens with zero attached hydrogens (tertiary/aromatic N) is 7. The van der Waals surface area contributed by atoms with Gasteiger partial charge in [-0.3, -0.25) is 14.9 Å². The summed E-state index contributed by atoms with van der Waals surface area (Å²) in [6.45, 7) is 0. The molecular formula is C19H14ClN9O4. The van der Waals surface area contributed by atoms with Crippen molar-refractivity contribution < 1.29 is 14.3 Å². The molecule has 33 heavy (non-hydrogen) atoms. The maximum absolute atomic E-state index is 12.8. The molecule has 13 nitrogen and oxygen atoms in total. The van der Waals surface area contributed by atoms with Crippen molar-refractivity contribution in [2.24, 2.45) is 5.10 Å². The second-order valence-corrected chi connectivity index (χ2v) is 7.00. The van der Waals surface area contributed by atoms with E-state index in [1.54, 1.807) is 36.4 Å². The van der Waals surface area contributed by atoms with E-state index in [4.69, 9.17) is 17.3 Å². The summed E-state index contributed by atoms with van der Waals surface area (Å²) in [6.07, 6.45) is 1.51. The number of nitrogens with one attached hydrogen (secondary N) is 1. The minimum Gasteiger partial charge on any atom is -0.378 e. The average molecular weight is 468 g/mol. The number of nitro benzene ring substituents is 1. The van der Waals surface area contributed by atoms with Gasteiger partial charge in [-0.25, -0.2) is 10.1 Å². The maximum atomic E-state index is 12.8. The van der Waals surface area contributed by atoms with Crippen molar-refractivity contribution in [3.8, 4) is 5.82 Å². The second kappa shape index (κ2) is 9.23. The van der Waals surface area contributed by atoms with Gasteiger partial charge in [0.05, 0.1) is 16.8 Å². The SMILES string of the molecule is Nc1nonc1-n1nnc(C(=O)N/N=C\c2ccccc2Cl)c1Cc1ccc([N+](=O)[O-])cc1. The molecule has 2 aromatic carbocycles. The molecule has 0 atom stereocenters. The lowest BCUT2D eigenvalue weighted by atomic mass is 10.1. The first kappa shape index (κ1) is 21.6. The minimum atomic E-state index is -0.656. The standard InChI is InChI=1S/C19H14ClN9O4/c20-14-4-2-1-3-12(14)10-22-24-19(30)16-15(9-11-5-7-13(8-6-11)29(31)32)28(27-23-16)18-17(21)25-33-26-18/h1-8,10H,9H2,(H2,21,25)(H,24,30)/b22-10-. The summed E-state index contributed by atoms with van der Waals surface area (Å²) in [7, 11) is 0. The van der Waals surface area contributed by atoms with E-state index in [1.165, 1.54) is 23.0 Å². The molecule has 166 valence electrons. The Morgan fingerprint density at radius 2 is 2.00 bits per heavy atom. The van der Waals surface area contributed by atoms with E-state index in [2.05, 4.69) is 35.8 Å². The first-order chi connectivity index (χ1) is 15.9. The highest BCUT2D eigenvalue weighted by atomic mass is 35.5. The van der Waals surface area contributed by atoms with E-state index >= 15 is 0 Å². The van der Waals surface area contributed by atoms with Crippen LogP contribution in [-0.4, -0.2) is 42.4 Å². The zero-order valence-electron chi connectivity index (χ0n) is 16.6. The van der Waals surface area contributed by atoms with Gasteiger partial charge in [0.1, 0.15) is 0 Å². The second-order valence-electron chi connectivity index (χ2n) is 6.59. The van der Waals surface area contributed by atoms with Gasteiger partial charge >= 0.3 is 0 Å². The van der Waals surface area contributed by atoms with Crippen molar-refractivity contribution in [2.45, 2.75) is 6.42 Å². The molecule has 0 spiro atoms. The van der Waals surface area contributed by atoms with Crippen molar-refractivity contribution in [2.75, 3.05) is 5.73 Å². The predicted molar refractivity (Wildman–Crippen MR) is 116 cm³/mol. The van der Waals surface area contributed by atoms with E-state index < -0.39 is 10.8 Å². The number of rotatable bonds is 7. The largest absolute Gasteiger partial charge is 0.378 e. The highest BCUT2D eigenvalue weighted by Gasteiger charge is 2.24. The topological polar surface area (TPSA) is 180 Å². The molecular weight excluding hydrogens is 454 g/mol. The van der Waals surface area contributed by atoms with Crippen LogP contribution in [-0.2, 0) is 6.42 Å². The van der Waals surface area contributed by atoms with Gasteiger partial charge in [0.25, 0.3) is 11.6 Å². The van der Waals surface area contributed by atoms with E-state index in [-0.39, 0.29) is 35.1 Å². The van der Waals surface area contributed by atoms with Crippen molar-refractivity contribution in [3.05, 3.63) is 86.2 Å². The van der Waals surface area contributed by atoms with Crippen LogP contribution >= 0.6 is 11.6 Å². The summed E-state index contributed by atoms with van der Waals surface area (Å²) >= 11 is 6.07. The van der Waals surface area contributed by atoms with Crippen LogP contribution in [0, 0.1) is 10.1 Å². The zero-order chi connectivity index (χ0) is 23.4. The van der Waals surface area contributed by atoms with Crippen LogP contribution in [0.4, 0.5) is 11.5 Å². The fourth-order valence-corrected chi connectivity index (χ4v) is 3.05. The third-order valence-corrected chi connectivity index (χ3v) is 4.81. The van der Waals surface area contributed by atoms with Gasteiger partial charge in [-0.2, -0.15) is 9.78 Å². The number of carbonyl (C=O) groups is 1. The fourth-order valence-electron chi connectivity index (χ4n) is 2.87. The van der Waals surface area contributed by atoms with Crippen LogP contribution < -0.4 is 11.2 Å². The molecule has 0 saturated carbocycles. The number of amides is 1. The number of nitrogen functional groups attached to an aromatic ring is 1. The molecule has 0 radical (unpaired) electrons. The maximum Gasteiger partial charge on any atom is 0.293 e. The minimum absolute atomic E-state index is 0.0398. The Morgan fingerprint density at radius 3 is 2.67 bits per heavy atom. The predicted octanol–water partition coefficient (Wildman–Crippen LogP) is 2.15. The molecule has 4 rings (SSSR count). The highest BCUT2D eigenvalue weighted by molar-refractivity contribution is 6.33. The van der Waals surface area contributed by atoms with Crippen LogP contribution in [0.5, 0.6) is 0 Å². The van der Waals surface area contributed by atoms with E-state index in [1.807, 2.05) is 0 Å². The Morgan fingerprint density at radius 1 is 1.24 bits per heavy atom. The molecule has 14 heteroatoms. The van der Waals surface area contributed by atoms with Crippen molar-refractivity contribution in [3.63, 3.8) is 0 Å². The molecule has 0 aliphatic rings. The Bertz CT molecular complexity index is 1350. The van der Waals surface area contributed by atoms with Crippen molar-refractivity contribution >= 4 is 35.2 Å². The monoisotopic (exact) mass is 467 g/mol. The highest BCUT2D eigenvalue weighted by Crippen LogP contribution is 2.21. The van der Waals surface area contributed by atoms with Crippen molar-refractivity contribution in [1.29, 1.82) is 0 Å². The number of benzene rings is 2. The van der Waals surface area contributed by atoms with Gasteiger partial charge in [-0.15, -0.1) is 5.10 Å². The number of hydrogen-bond donors (Lipinski definition) is 2. The fraction of sp³-hybridized carbons (Fsp3) is 0.0526. The molecule has 0 fully saturated rings. The first-order valence-electron chi connectivity index (χ1n) is 9.28. The number of hydrazone groups is 1. The molecule has 0 aliphatic heterocycles. The molecule has 2 heterocycles. The molecule has 1 amide bonds. The summed E-state index contributed by atoms with van der Waals surface area (Å²) in [4.78, 5) is 23.2. The number of carbonyl (C=O) groups excluding carboxylic acids is 1. The average Bonchev–Trinajstić information content (AvgIpc) is 3.41. The first-order valence-corrected chi connectivity index (χ1v) is 9.66. The van der Waals surface area contributed by atoms with E-state index in [9.17, 15) is 14.9 Å². The van der Waals surface area contributed by atoms with Gasteiger partial charge in [-0.1, -0.05) is 47.1 Å². The lowest BCUT2D eigenvalue weighted by molar-refractivity contribution is -0.384. The summed E-state index contributed by atoms with van der Waals surface area (Å²) < 4.78 is 5.82. The molecule has 4 aromatic rings. The Kier molecular flexibility index (Phi) is 6.04. The smallest absolute Gasteiger partial charge is 0.293 e. The molecule has 0 bridgehead atoms. The zero-order valence-corrected chi connectivity index (χ0v) is 17.4. The number of nitro groups is 1. The molecule has 0 aliphatic carbocycles. The van der Waals surface area contributed by atoms with Crippen LogP contribution in [0.2, 0.25) is 5.02 Å². The third-order valence-electron chi connectivity index (χ3n) is 4.47. The lowest BCUT2D eigenvalue weighted by Gasteiger charge is -2.06. The molecule has 3 N–H and O–H groups in total. The summed E-state index contributed by atoms with van der Waals surface area (Å²) in [5, 5.41) is 30.4. The van der Waals surface area contributed by atoms with Gasteiger partial charge in [0, 0.05) is 29.1 Å². The molecule has 0 saturated heterocycles. The Labute approximate surface area is 190 Å². The van der Waals surface area contributed by atoms with Crippen LogP contribution in [0.15, 0.2) is 58.3 Å². The Hall–Kier alpha value is -4.65. The van der Waals surface area contributed by atoms with Gasteiger partial charge in [0.15, 0.2) is 5.69 Å². The number of nitrogens with two attached hydrogens (primary N) is 1. The summed E-state index contributed by atoms with van der Waals surface area (Å²) in [5.74, 6) is -0.678. The van der Waals surface area contributed by atoms with E-state index in [0.717, 1.165) is 0 Å². The van der Waals surface area contributed by atoms with Gasteiger partial charge < -0.3 is 5.73 Å². The van der Waals surface area contributed by atoms with Gasteiger partial charge in [-0.05, 0) is 21.9 Å². The van der Waals surface area contributed by atoms with Gasteiger partial charge in [0.2, 0.25) is 11.6 Å². The summed E-state index contributed by atoms with van der Waals surface area (Å²) in [6, 6.07) is 12.8. The normalized spacial score (nSPS) is 11.1. The number of aromatic nitrogens is 5. The number of hydrogen-bond acceptors (Lipinski definition) is 10. The van der Waals surface area contributed by atoms with Crippen LogP contribution in [0.3, 0.4) is 0 Å². The third kappa shape index (κ3) is 4.67. The van der Waals surface area contributed by atoms with Crippen LogP contribution in [0.1, 0.15) is 27.3 Å². The lowest BCUT2D eigenvalue weighted by Crippen LogP contribution is -2.20. The number of anilines is 1.